The van der Waals surface area contributed by atoms with Crippen LogP contribution in [0.3, 0.4) is 0 Å². The smallest absolute Gasteiger partial charge is 0.422 e. The Balaban J connectivity index is 1.41. The summed E-state index contributed by atoms with van der Waals surface area (Å²) in [5.74, 6) is -8.88. The number of esters is 1. The largest absolute Gasteiger partial charge is 0.460 e. The van der Waals surface area contributed by atoms with Crippen molar-refractivity contribution in [3.05, 3.63) is 47.6 Å². The number of ether oxygens (including phenoxy) is 7. The van der Waals surface area contributed by atoms with Crippen LogP contribution < -0.4 is 9.44 Å². The van der Waals surface area contributed by atoms with E-state index < -0.39 is 118 Å². The van der Waals surface area contributed by atoms with E-state index in [4.69, 9.17) is 33.2 Å². The molecule has 0 spiro atoms. The van der Waals surface area contributed by atoms with Crippen molar-refractivity contribution in [3.63, 3.8) is 0 Å². The summed E-state index contributed by atoms with van der Waals surface area (Å²) in [6.45, 7) is 13.0. The molecule has 4 heterocycles. The molecule has 16 atom stereocenters. The Bertz CT molecular complexity index is 2280. The maximum absolute atomic E-state index is 14.6. The number of hydrogen-bond acceptors (Lipinski definition) is 17. The van der Waals surface area contributed by atoms with Crippen molar-refractivity contribution >= 4 is 45.5 Å². The number of nitrogens with one attached hydrogen (secondary N) is 2. The Morgan fingerprint density at radius 2 is 1.62 bits per heavy atom. The van der Waals surface area contributed by atoms with Gasteiger partial charge in [0.25, 0.3) is 11.7 Å². The number of aliphatic hydroxyl groups is 2. The van der Waals surface area contributed by atoms with Gasteiger partial charge in [0.2, 0.25) is 5.79 Å². The van der Waals surface area contributed by atoms with E-state index in [9.17, 15) is 47.4 Å². The molecule has 2 amide bonds. The Kier molecular flexibility index (Phi) is 24.2. The molecule has 21 heteroatoms. The zero-order valence-electron chi connectivity index (χ0n) is 46.8. The van der Waals surface area contributed by atoms with Crippen LogP contribution in [0.2, 0.25) is 0 Å². The van der Waals surface area contributed by atoms with E-state index in [1.807, 2.05) is 55.9 Å². The molecule has 0 aromatic heterocycles. The van der Waals surface area contributed by atoms with Gasteiger partial charge >= 0.3 is 22.3 Å². The topological polar surface area (TPSA) is 269 Å². The lowest BCUT2D eigenvalue weighted by Gasteiger charge is -2.42. The third-order valence-electron chi connectivity index (χ3n) is 16.2. The number of ketones is 3. The Morgan fingerprint density at radius 1 is 0.883 bits per heavy atom. The minimum Gasteiger partial charge on any atom is -0.460 e. The molecule has 3 saturated heterocycles. The first kappa shape index (κ1) is 63.6. The van der Waals surface area contributed by atoms with Gasteiger partial charge in [0.1, 0.15) is 36.2 Å². The number of nitrogens with zero attached hydrogens (tertiary/aromatic N) is 1. The first-order chi connectivity index (χ1) is 36.4. The minimum absolute atomic E-state index is 0.0168. The molecule has 4 N–H and O–H groups in total. The molecule has 1 aliphatic carbocycles. The number of fused-ring (bicyclic) bond motifs is 3. The van der Waals surface area contributed by atoms with Crippen LogP contribution in [-0.2, 0) is 67.3 Å². The summed E-state index contributed by atoms with van der Waals surface area (Å²) >= 11 is 0. The van der Waals surface area contributed by atoms with Crippen LogP contribution in [0, 0.1) is 35.5 Å². The highest BCUT2D eigenvalue weighted by atomic mass is 32.2. The maximum Gasteiger partial charge on any atom is 0.422 e. The molecule has 4 fully saturated rings. The summed E-state index contributed by atoms with van der Waals surface area (Å²) in [4.78, 5) is 85.4. The van der Waals surface area contributed by atoms with Crippen LogP contribution in [-0.4, -0.2) is 161 Å². The van der Waals surface area contributed by atoms with Gasteiger partial charge in [0.15, 0.2) is 5.78 Å². The van der Waals surface area contributed by atoms with Crippen molar-refractivity contribution in [2.45, 2.75) is 193 Å². The number of rotatable bonds is 10. The van der Waals surface area contributed by atoms with Gasteiger partial charge in [-0.2, -0.15) is 13.1 Å². The van der Waals surface area contributed by atoms with Crippen molar-refractivity contribution in [3.8, 4) is 0 Å². The molecular weight excluding hydrogens is 1020 g/mol. The maximum atomic E-state index is 14.6. The molecule has 4 aliphatic heterocycles. The molecule has 77 heavy (non-hydrogen) atoms. The number of Topliss-reactive ketones (excluding diaryl/α,β-unsaturated/α-hetero) is 3. The van der Waals surface area contributed by atoms with Crippen molar-refractivity contribution in [2.24, 2.45) is 35.5 Å². The molecule has 2 bridgehead atoms. The molecular formula is C56H87N3O17S. The number of methoxy groups -OCH3 is 3. The highest BCUT2D eigenvalue weighted by molar-refractivity contribution is 7.88. The number of piperidine rings is 1. The lowest BCUT2D eigenvalue weighted by atomic mass is 9.78. The van der Waals surface area contributed by atoms with E-state index in [1.54, 1.807) is 40.9 Å². The predicted molar refractivity (Wildman–Crippen MR) is 284 cm³/mol. The average molecular weight is 1110 g/mol. The van der Waals surface area contributed by atoms with Gasteiger partial charge in [0.05, 0.1) is 24.9 Å². The summed E-state index contributed by atoms with van der Waals surface area (Å²) < 4.78 is 70.0. The zero-order chi connectivity index (χ0) is 56.8. The fraction of sp³-hybridized carbons (Fsp3) is 0.750. The van der Waals surface area contributed by atoms with Gasteiger partial charge in [-0.25, -0.2) is 14.3 Å². The summed E-state index contributed by atoms with van der Waals surface area (Å²) in [6.07, 6.45) is 8.28. The van der Waals surface area contributed by atoms with Gasteiger partial charge in [-0.1, -0.05) is 71.1 Å². The number of allylic oxidation sites excluding steroid dienone is 6. The highest BCUT2D eigenvalue weighted by Crippen LogP contribution is 2.38. The first-order valence-electron chi connectivity index (χ1n) is 27.5. The van der Waals surface area contributed by atoms with Gasteiger partial charge < -0.3 is 48.3 Å². The number of aliphatic hydroxyl groups excluding tert-OH is 1. The van der Waals surface area contributed by atoms with Gasteiger partial charge in [0, 0.05) is 71.1 Å². The van der Waals surface area contributed by atoms with E-state index in [1.165, 1.54) is 14.2 Å². The van der Waals surface area contributed by atoms with Crippen molar-refractivity contribution in [1.29, 1.82) is 0 Å². The average Bonchev–Trinajstić information content (AvgIpc) is 3.92. The SMILES string of the molecule is CO[C@H]1C[C@@H]2CC[C@@H](C)[C@@](O)(O2)C(=O)C(=O)N2CCCC[C@H]2C(=O)O[C@H]([C@H](C)C[C@@H]2CC[C@@H](OC(=O)NS(=O)(=O)N[C@H]3CCOC3)[C@H](OC)C2)CC(=O)[C@H](C)/C=C(\C)[C@@H](O)[C@@H](OC)C(=O)[C@H](C)C[C@H](C)/C=C/C=CC=C1C. The molecule has 5 rings (SSSR count). The van der Waals surface area contributed by atoms with Crippen LogP contribution in [0.4, 0.5) is 4.79 Å². The van der Waals surface area contributed by atoms with Gasteiger partial charge in [-0.05, 0) is 113 Å². The lowest BCUT2D eigenvalue weighted by Crippen LogP contribution is -2.61. The third kappa shape index (κ3) is 17.7. The fourth-order valence-electron chi connectivity index (χ4n) is 11.4. The molecule has 1 saturated carbocycles. The van der Waals surface area contributed by atoms with E-state index in [2.05, 4.69) is 4.72 Å². The standard InChI is InChI=1S/C56H87N3O17S/c1-33-16-12-11-13-17-34(2)46(70-8)30-42-21-19-39(7)56(67,76-42)52(63)53(64)59-24-15-14-18-43(59)54(65)74-47(31-44(60)35(3)27-38(6)50(62)51(72-10)49(61)37(5)26-33)36(4)28-40-20-22-45(48(29-40)71-9)75-55(66)58-77(68,69)57-41-23-25-73-32-41/h11-13,16-17,27,33,35-37,39-43,45-48,50-51,57,62,67H,14-15,18-26,28-32H2,1-10H3,(H,58,66)/b13-11?,16-12+,34-17?,38-27+/t33-,35-,36-,37-,39-,40+,41+,42+,43+,45-,46+,47+,48-,50-,51+,56-/m1/s1. The first-order valence-corrected chi connectivity index (χ1v) is 29.0. The molecule has 0 radical (unpaired) electrons. The Hall–Kier alpha value is -4.19. The van der Waals surface area contributed by atoms with Gasteiger partial charge in [-0.3, -0.25) is 19.2 Å². The zero-order valence-corrected chi connectivity index (χ0v) is 47.6. The lowest BCUT2D eigenvalue weighted by molar-refractivity contribution is -0.265. The Morgan fingerprint density at radius 3 is 2.30 bits per heavy atom. The summed E-state index contributed by atoms with van der Waals surface area (Å²) in [7, 11) is 0.136. The van der Waals surface area contributed by atoms with Crippen LogP contribution in [0.5, 0.6) is 0 Å². The number of carbonyl (C=O) groups is 6. The van der Waals surface area contributed by atoms with Crippen LogP contribution in [0.1, 0.15) is 132 Å². The molecule has 434 valence electrons. The number of amides is 2. The number of hydrogen-bond donors (Lipinski definition) is 4. The van der Waals surface area contributed by atoms with E-state index >= 15 is 0 Å². The fourth-order valence-corrected chi connectivity index (χ4v) is 12.3. The number of carbonyl (C=O) groups excluding carboxylic acids is 6. The molecule has 0 unspecified atom stereocenters. The monoisotopic (exact) mass is 1110 g/mol. The van der Waals surface area contributed by atoms with Crippen LogP contribution in [0.15, 0.2) is 47.6 Å². The van der Waals surface area contributed by atoms with Crippen LogP contribution in [0.25, 0.3) is 0 Å². The second-order valence-corrected chi connectivity index (χ2v) is 23.7. The summed E-state index contributed by atoms with van der Waals surface area (Å²) in [5.41, 5.74) is 1.19. The van der Waals surface area contributed by atoms with Gasteiger partial charge in [-0.15, -0.1) is 0 Å². The molecule has 0 aromatic carbocycles. The van der Waals surface area contributed by atoms with E-state index in [0.29, 0.717) is 76.4 Å². The van der Waals surface area contributed by atoms with E-state index in [-0.39, 0.29) is 55.8 Å². The Labute approximate surface area is 455 Å². The number of cyclic esters (lactones) is 1. The van der Waals surface area contributed by atoms with Crippen molar-refractivity contribution < 1.29 is 80.6 Å². The normalized spacial score (nSPS) is 36.9. The second kappa shape index (κ2) is 29.3. The van der Waals surface area contributed by atoms with Crippen LogP contribution >= 0.6 is 0 Å². The van der Waals surface area contributed by atoms with E-state index in [0.717, 1.165) is 10.5 Å². The predicted octanol–water partition coefficient (Wildman–Crippen LogP) is 5.54. The quantitative estimate of drug-likeness (QED) is 0.119. The third-order valence-corrected chi connectivity index (χ3v) is 17.3. The summed E-state index contributed by atoms with van der Waals surface area (Å²) in [6, 6.07) is -1.70. The minimum atomic E-state index is -4.23. The second-order valence-electron chi connectivity index (χ2n) is 22.3. The van der Waals surface area contributed by atoms with Crippen molar-refractivity contribution in [2.75, 3.05) is 41.1 Å². The molecule has 20 nitrogen and oxygen atoms in total. The summed E-state index contributed by atoms with van der Waals surface area (Å²) in [5, 5.41) is 23.6. The molecule has 5 aliphatic rings. The van der Waals surface area contributed by atoms with Crippen molar-refractivity contribution in [1.82, 2.24) is 14.3 Å². The molecule has 0 aromatic rings. The highest BCUT2D eigenvalue weighted by Gasteiger charge is 2.53.